The quantitative estimate of drug-likeness (QED) is 0.286. The Morgan fingerprint density at radius 2 is 1.75 bits per heavy atom. The number of aryl methyl sites for hydroxylation is 1. The molecule has 0 aliphatic carbocycles. The SMILES string of the molecule is CN(C)C(=O)CCn1c(NC(=O)c2ccc(-c3cccnc3)s2)nc2cc(N(C)C(=O)c3ccccc3)ccc21. The van der Waals surface area contributed by atoms with Crippen LogP contribution in [-0.4, -0.2) is 58.3 Å². The van der Waals surface area contributed by atoms with Crippen molar-refractivity contribution in [3.8, 4) is 10.4 Å². The fourth-order valence-electron chi connectivity index (χ4n) is 4.26. The van der Waals surface area contributed by atoms with Gasteiger partial charge in [0.1, 0.15) is 0 Å². The second kappa shape index (κ2) is 11.5. The van der Waals surface area contributed by atoms with Crippen LogP contribution in [0.1, 0.15) is 26.5 Å². The molecule has 0 saturated heterocycles. The minimum Gasteiger partial charge on any atom is -0.349 e. The number of carbonyl (C=O) groups excluding carboxylic acids is 3. The van der Waals surface area contributed by atoms with Gasteiger partial charge in [-0.2, -0.15) is 0 Å². The topological polar surface area (TPSA) is 100 Å². The molecule has 1 N–H and O–H groups in total. The maximum atomic E-state index is 13.3. The third-order valence-electron chi connectivity index (χ3n) is 6.49. The van der Waals surface area contributed by atoms with Crippen LogP contribution in [-0.2, 0) is 11.3 Å². The molecule has 202 valence electrons. The van der Waals surface area contributed by atoms with Gasteiger partial charge < -0.3 is 14.4 Å². The van der Waals surface area contributed by atoms with Crippen LogP contribution in [0, 0.1) is 0 Å². The summed E-state index contributed by atoms with van der Waals surface area (Å²) < 4.78 is 1.83. The zero-order valence-corrected chi connectivity index (χ0v) is 23.2. The summed E-state index contributed by atoms with van der Waals surface area (Å²) in [4.78, 5) is 52.0. The average molecular weight is 553 g/mol. The highest BCUT2D eigenvalue weighted by Gasteiger charge is 2.20. The number of imidazole rings is 1. The van der Waals surface area contributed by atoms with Crippen molar-refractivity contribution in [1.82, 2.24) is 19.4 Å². The van der Waals surface area contributed by atoms with E-state index in [9.17, 15) is 14.4 Å². The molecule has 3 heterocycles. The van der Waals surface area contributed by atoms with Crippen molar-refractivity contribution in [3.05, 3.63) is 95.6 Å². The Bertz CT molecular complexity index is 1680. The van der Waals surface area contributed by atoms with E-state index in [0.29, 0.717) is 34.1 Å². The molecule has 0 aliphatic rings. The molecule has 5 aromatic rings. The fourth-order valence-corrected chi connectivity index (χ4v) is 5.15. The number of nitrogens with zero attached hydrogens (tertiary/aromatic N) is 5. The molecule has 5 rings (SSSR count). The summed E-state index contributed by atoms with van der Waals surface area (Å²) in [5.41, 5.74) is 3.51. The van der Waals surface area contributed by atoms with Gasteiger partial charge in [-0.05, 0) is 48.5 Å². The number of nitrogens with one attached hydrogen (secondary N) is 1. The Labute approximate surface area is 235 Å². The van der Waals surface area contributed by atoms with E-state index >= 15 is 0 Å². The second-order valence-corrected chi connectivity index (χ2v) is 10.5. The number of anilines is 2. The van der Waals surface area contributed by atoms with Crippen molar-refractivity contribution in [2.45, 2.75) is 13.0 Å². The second-order valence-electron chi connectivity index (χ2n) is 9.39. The number of aromatic nitrogens is 3. The third-order valence-corrected chi connectivity index (χ3v) is 7.63. The summed E-state index contributed by atoms with van der Waals surface area (Å²) >= 11 is 1.36. The molecule has 0 aliphatic heterocycles. The van der Waals surface area contributed by atoms with Crippen molar-refractivity contribution in [1.29, 1.82) is 0 Å². The largest absolute Gasteiger partial charge is 0.349 e. The summed E-state index contributed by atoms with van der Waals surface area (Å²) in [7, 11) is 5.13. The monoisotopic (exact) mass is 552 g/mol. The van der Waals surface area contributed by atoms with Gasteiger partial charge in [-0.3, -0.25) is 24.7 Å². The van der Waals surface area contributed by atoms with E-state index in [1.807, 2.05) is 59.2 Å². The first-order chi connectivity index (χ1) is 19.3. The van der Waals surface area contributed by atoms with Crippen molar-refractivity contribution < 1.29 is 14.4 Å². The lowest BCUT2D eigenvalue weighted by Crippen LogP contribution is -2.26. The number of amides is 3. The minimum atomic E-state index is -0.299. The highest BCUT2D eigenvalue weighted by Crippen LogP contribution is 2.29. The number of hydrogen-bond donors (Lipinski definition) is 1. The first-order valence-electron chi connectivity index (χ1n) is 12.7. The van der Waals surface area contributed by atoms with Gasteiger partial charge in [0.2, 0.25) is 11.9 Å². The van der Waals surface area contributed by atoms with Crippen molar-refractivity contribution in [2.75, 3.05) is 31.4 Å². The van der Waals surface area contributed by atoms with E-state index in [2.05, 4.69) is 10.3 Å². The molecule has 0 unspecified atom stereocenters. The lowest BCUT2D eigenvalue weighted by atomic mass is 10.2. The number of carbonyl (C=O) groups is 3. The highest BCUT2D eigenvalue weighted by molar-refractivity contribution is 7.17. The molecule has 0 radical (unpaired) electrons. The van der Waals surface area contributed by atoms with Crippen LogP contribution in [0.3, 0.4) is 0 Å². The van der Waals surface area contributed by atoms with Gasteiger partial charge in [-0.25, -0.2) is 4.98 Å². The molecule has 3 amide bonds. The summed E-state index contributed by atoms with van der Waals surface area (Å²) in [6, 6.07) is 22.0. The molecule has 3 aromatic heterocycles. The molecule has 0 bridgehead atoms. The lowest BCUT2D eigenvalue weighted by molar-refractivity contribution is -0.128. The van der Waals surface area contributed by atoms with E-state index in [1.165, 1.54) is 16.2 Å². The normalized spacial score (nSPS) is 10.9. The molecule has 2 aromatic carbocycles. The fraction of sp³-hybridized carbons (Fsp3) is 0.167. The Balaban J connectivity index is 1.45. The van der Waals surface area contributed by atoms with Gasteiger partial charge in [0.25, 0.3) is 11.8 Å². The van der Waals surface area contributed by atoms with Gasteiger partial charge in [-0.15, -0.1) is 11.3 Å². The van der Waals surface area contributed by atoms with Crippen LogP contribution in [0.25, 0.3) is 21.5 Å². The third kappa shape index (κ3) is 5.62. The molecule has 40 heavy (non-hydrogen) atoms. The molecule has 9 nitrogen and oxygen atoms in total. The van der Waals surface area contributed by atoms with E-state index in [0.717, 1.165) is 16.0 Å². The average Bonchev–Trinajstić information content (AvgIpc) is 3.61. The predicted molar refractivity (Wildman–Crippen MR) is 158 cm³/mol. The first kappa shape index (κ1) is 26.8. The first-order valence-corrected chi connectivity index (χ1v) is 13.5. The standard InChI is InChI=1S/C30H28N6O3S/c1-34(2)27(37)15-17-36-24-12-11-22(35(3)29(39)20-8-5-4-6-9-20)18-23(24)32-30(36)33-28(38)26-14-13-25(40-26)21-10-7-16-31-19-21/h4-14,16,18-19H,15,17H2,1-3H3,(H,32,33,38). The van der Waals surface area contributed by atoms with E-state index in [1.54, 1.807) is 56.6 Å². The molecule has 0 saturated carbocycles. The van der Waals surface area contributed by atoms with Gasteiger partial charge in [0.15, 0.2) is 0 Å². The van der Waals surface area contributed by atoms with Gasteiger partial charge >= 0.3 is 0 Å². The van der Waals surface area contributed by atoms with Crippen molar-refractivity contribution >= 4 is 51.7 Å². The summed E-state index contributed by atoms with van der Waals surface area (Å²) in [6.45, 7) is 0.326. The van der Waals surface area contributed by atoms with Crippen LogP contribution in [0.4, 0.5) is 11.6 Å². The van der Waals surface area contributed by atoms with Gasteiger partial charge in [-0.1, -0.05) is 24.3 Å². The van der Waals surface area contributed by atoms with E-state index < -0.39 is 0 Å². The molecule has 0 fully saturated rings. The minimum absolute atomic E-state index is 0.0386. The van der Waals surface area contributed by atoms with Crippen molar-refractivity contribution in [2.24, 2.45) is 0 Å². The van der Waals surface area contributed by atoms with E-state index in [4.69, 9.17) is 4.98 Å². The maximum absolute atomic E-state index is 13.3. The predicted octanol–water partition coefficient (Wildman–Crippen LogP) is 5.17. The Morgan fingerprint density at radius 3 is 2.48 bits per heavy atom. The van der Waals surface area contributed by atoms with Crippen LogP contribution >= 0.6 is 11.3 Å². The Morgan fingerprint density at radius 1 is 0.950 bits per heavy atom. The van der Waals surface area contributed by atoms with Gasteiger partial charge in [0.05, 0.1) is 15.9 Å². The Kier molecular flexibility index (Phi) is 7.70. The van der Waals surface area contributed by atoms with E-state index in [-0.39, 0.29) is 24.1 Å². The molecule has 0 atom stereocenters. The zero-order valence-electron chi connectivity index (χ0n) is 22.4. The molecule has 0 spiro atoms. The molecule has 10 heteroatoms. The highest BCUT2D eigenvalue weighted by atomic mass is 32.1. The van der Waals surface area contributed by atoms with Crippen LogP contribution in [0.5, 0.6) is 0 Å². The summed E-state index contributed by atoms with van der Waals surface area (Å²) in [5.74, 6) is -0.154. The maximum Gasteiger partial charge on any atom is 0.268 e. The number of pyridine rings is 1. The number of benzene rings is 2. The Hall–Kier alpha value is -4.83. The van der Waals surface area contributed by atoms with Crippen LogP contribution in [0.2, 0.25) is 0 Å². The smallest absolute Gasteiger partial charge is 0.268 e. The van der Waals surface area contributed by atoms with Gasteiger partial charge in [0, 0.05) is 68.2 Å². The van der Waals surface area contributed by atoms with Crippen molar-refractivity contribution in [3.63, 3.8) is 0 Å². The number of rotatable bonds is 8. The zero-order chi connectivity index (χ0) is 28.2. The summed E-state index contributed by atoms with van der Waals surface area (Å²) in [6.07, 6.45) is 3.70. The van der Waals surface area contributed by atoms with Crippen LogP contribution in [0.15, 0.2) is 85.2 Å². The molecular weight excluding hydrogens is 524 g/mol. The number of thiophene rings is 1. The molecular formula is C30H28N6O3S. The number of hydrogen-bond acceptors (Lipinski definition) is 6. The lowest BCUT2D eigenvalue weighted by Gasteiger charge is -2.17. The number of fused-ring (bicyclic) bond motifs is 1. The summed E-state index contributed by atoms with van der Waals surface area (Å²) in [5, 5.41) is 2.93. The van der Waals surface area contributed by atoms with Crippen LogP contribution < -0.4 is 10.2 Å².